The molecular weight excluding hydrogens is 192 g/mol. The molecule has 0 atom stereocenters. The molecule has 2 N–H and O–H groups in total. The number of carbonyl (C=O) groups excluding carboxylic acids is 2. The average Bonchev–Trinajstić information content (AvgIpc) is 2.46. The van der Waals surface area contributed by atoms with Crippen LogP contribution < -0.4 is 5.73 Å². The zero-order valence-corrected chi connectivity index (χ0v) is 9.33. The third-order valence-electron chi connectivity index (χ3n) is 1.96. The van der Waals surface area contributed by atoms with Gasteiger partial charge in [0.2, 0.25) is 0 Å². The summed E-state index contributed by atoms with van der Waals surface area (Å²) in [6.07, 6.45) is 4.51. The van der Waals surface area contributed by atoms with Gasteiger partial charge in [-0.3, -0.25) is 0 Å². The van der Waals surface area contributed by atoms with E-state index in [9.17, 15) is 0 Å². The van der Waals surface area contributed by atoms with Gasteiger partial charge in [0.25, 0.3) is 0 Å². The predicted octanol–water partition coefficient (Wildman–Crippen LogP) is 1.79. The number of aliphatic imine (C=N–C) groups is 1. The SMILES string of the molecule is CCC1=C(N=C(C)N)C=C(C)C1.O=C=O. The zero-order valence-electron chi connectivity index (χ0n) is 9.33. The standard InChI is InChI=1S/C10H16N2.CO2/c1-4-9-5-7(2)6-10(9)12-8(3)11;2-1-3/h6H,4-5H2,1-3H3,(H2,11,12);. The van der Waals surface area contributed by atoms with Crippen LogP contribution in [0.25, 0.3) is 0 Å². The first-order valence-electron chi connectivity index (χ1n) is 4.74. The molecule has 4 heteroatoms. The summed E-state index contributed by atoms with van der Waals surface area (Å²) < 4.78 is 0. The van der Waals surface area contributed by atoms with Gasteiger partial charge in [0.1, 0.15) is 0 Å². The molecule has 0 aliphatic heterocycles. The van der Waals surface area contributed by atoms with Crippen molar-refractivity contribution in [2.75, 3.05) is 0 Å². The minimum absolute atomic E-state index is 0.250. The van der Waals surface area contributed by atoms with Crippen LogP contribution in [-0.4, -0.2) is 12.0 Å². The van der Waals surface area contributed by atoms with Gasteiger partial charge >= 0.3 is 6.15 Å². The molecule has 0 radical (unpaired) electrons. The van der Waals surface area contributed by atoms with E-state index in [1.807, 2.05) is 6.92 Å². The van der Waals surface area contributed by atoms with E-state index in [0.29, 0.717) is 5.84 Å². The Hall–Kier alpha value is -1.67. The van der Waals surface area contributed by atoms with Crippen LogP contribution in [0.2, 0.25) is 0 Å². The molecule has 0 fully saturated rings. The Balaban J connectivity index is 0.000000583. The van der Waals surface area contributed by atoms with Gasteiger partial charge < -0.3 is 5.73 Å². The molecule has 0 aromatic heterocycles. The van der Waals surface area contributed by atoms with Crippen LogP contribution in [0.4, 0.5) is 0 Å². The molecule has 0 saturated heterocycles. The molecule has 0 amide bonds. The van der Waals surface area contributed by atoms with E-state index in [0.717, 1.165) is 18.5 Å². The fraction of sp³-hybridized carbons (Fsp3) is 0.455. The van der Waals surface area contributed by atoms with E-state index in [2.05, 4.69) is 24.9 Å². The first-order chi connectivity index (χ1) is 7.04. The van der Waals surface area contributed by atoms with E-state index >= 15 is 0 Å². The van der Waals surface area contributed by atoms with E-state index in [4.69, 9.17) is 15.3 Å². The number of hydrogen-bond donors (Lipinski definition) is 1. The van der Waals surface area contributed by atoms with Gasteiger partial charge in [-0.2, -0.15) is 9.59 Å². The number of amidine groups is 1. The lowest BCUT2D eigenvalue weighted by Gasteiger charge is -1.98. The van der Waals surface area contributed by atoms with Crippen LogP contribution in [0.15, 0.2) is 27.9 Å². The maximum Gasteiger partial charge on any atom is 0.373 e. The maximum absolute atomic E-state index is 8.12. The van der Waals surface area contributed by atoms with Gasteiger partial charge in [-0.1, -0.05) is 12.5 Å². The molecule has 1 aliphatic carbocycles. The van der Waals surface area contributed by atoms with Gasteiger partial charge in [-0.05, 0) is 38.3 Å². The molecule has 0 bridgehead atoms. The van der Waals surface area contributed by atoms with E-state index in [1.54, 1.807) is 0 Å². The summed E-state index contributed by atoms with van der Waals surface area (Å²) in [4.78, 5) is 20.5. The van der Waals surface area contributed by atoms with Crippen LogP contribution in [0.3, 0.4) is 0 Å². The highest BCUT2D eigenvalue weighted by Gasteiger charge is 2.10. The lowest BCUT2D eigenvalue weighted by Crippen LogP contribution is -2.05. The molecule has 0 aromatic rings. The highest BCUT2D eigenvalue weighted by molar-refractivity contribution is 5.79. The second-order valence-corrected chi connectivity index (χ2v) is 3.35. The van der Waals surface area contributed by atoms with Crippen molar-refractivity contribution in [1.82, 2.24) is 0 Å². The Kier molecular flexibility index (Phi) is 5.99. The van der Waals surface area contributed by atoms with Crippen molar-refractivity contribution < 1.29 is 9.59 Å². The smallest absolute Gasteiger partial charge is 0.373 e. The molecule has 0 spiro atoms. The first kappa shape index (κ1) is 13.3. The van der Waals surface area contributed by atoms with Crippen molar-refractivity contribution in [3.63, 3.8) is 0 Å². The third kappa shape index (κ3) is 4.93. The van der Waals surface area contributed by atoms with Gasteiger partial charge in [-0.15, -0.1) is 0 Å². The molecule has 0 unspecified atom stereocenters. The molecule has 1 rings (SSSR count). The minimum Gasteiger partial charge on any atom is -0.387 e. The summed E-state index contributed by atoms with van der Waals surface area (Å²) >= 11 is 0. The quantitative estimate of drug-likeness (QED) is 0.555. The largest absolute Gasteiger partial charge is 0.387 e. The minimum atomic E-state index is 0.250. The third-order valence-corrected chi connectivity index (χ3v) is 1.96. The number of allylic oxidation sites excluding steroid dienone is 3. The number of hydrogen-bond acceptors (Lipinski definition) is 3. The van der Waals surface area contributed by atoms with Crippen LogP contribution >= 0.6 is 0 Å². The summed E-state index contributed by atoms with van der Waals surface area (Å²) in [5.74, 6) is 0.641. The topological polar surface area (TPSA) is 72.5 Å². The molecule has 0 heterocycles. The summed E-state index contributed by atoms with van der Waals surface area (Å²) in [6, 6.07) is 0. The molecular formula is C11H16N2O2. The zero-order chi connectivity index (χ0) is 11.8. The summed E-state index contributed by atoms with van der Waals surface area (Å²) in [6.45, 7) is 6.11. The Morgan fingerprint density at radius 3 is 2.53 bits per heavy atom. The molecule has 4 nitrogen and oxygen atoms in total. The monoisotopic (exact) mass is 208 g/mol. The highest BCUT2D eigenvalue weighted by Crippen LogP contribution is 2.27. The Morgan fingerprint density at radius 2 is 2.13 bits per heavy atom. The van der Waals surface area contributed by atoms with E-state index in [-0.39, 0.29) is 6.15 Å². The average molecular weight is 208 g/mol. The fourth-order valence-corrected chi connectivity index (χ4v) is 1.42. The van der Waals surface area contributed by atoms with Crippen molar-refractivity contribution in [1.29, 1.82) is 0 Å². The van der Waals surface area contributed by atoms with Gasteiger partial charge in [0, 0.05) is 0 Å². The molecule has 1 aliphatic rings. The second-order valence-electron chi connectivity index (χ2n) is 3.35. The normalized spacial score (nSPS) is 15.4. The van der Waals surface area contributed by atoms with Crippen LogP contribution in [0, 0.1) is 0 Å². The van der Waals surface area contributed by atoms with Crippen LogP contribution in [0.5, 0.6) is 0 Å². The number of nitrogens with two attached hydrogens (primary N) is 1. The van der Waals surface area contributed by atoms with Gasteiger partial charge in [0.15, 0.2) is 0 Å². The van der Waals surface area contributed by atoms with Crippen molar-refractivity contribution in [3.05, 3.63) is 22.9 Å². The lowest BCUT2D eigenvalue weighted by atomic mass is 10.1. The molecule has 15 heavy (non-hydrogen) atoms. The fourth-order valence-electron chi connectivity index (χ4n) is 1.42. The van der Waals surface area contributed by atoms with Crippen molar-refractivity contribution in [2.24, 2.45) is 10.7 Å². The molecule has 0 saturated carbocycles. The second kappa shape index (κ2) is 6.74. The van der Waals surface area contributed by atoms with Gasteiger partial charge in [0.05, 0.1) is 11.5 Å². The summed E-state index contributed by atoms with van der Waals surface area (Å²) in [5.41, 5.74) is 9.38. The van der Waals surface area contributed by atoms with Crippen molar-refractivity contribution in [2.45, 2.75) is 33.6 Å². The Labute approximate surface area is 89.6 Å². The van der Waals surface area contributed by atoms with E-state index in [1.165, 1.54) is 11.1 Å². The summed E-state index contributed by atoms with van der Waals surface area (Å²) in [7, 11) is 0. The lowest BCUT2D eigenvalue weighted by molar-refractivity contribution is -0.191. The number of rotatable bonds is 2. The highest BCUT2D eigenvalue weighted by atomic mass is 16.2. The Bertz CT molecular complexity index is 342. The first-order valence-corrected chi connectivity index (χ1v) is 4.74. The summed E-state index contributed by atoms with van der Waals surface area (Å²) in [5, 5.41) is 0. The maximum atomic E-state index is 8.12. The predicted molar refractivity (Wildman–Crippen MR) is 58.0 cm³/mol. The number of nitrogens with zero attached hydrogens (tertiary/aromatic N) is 1. The van der Waals surface area contributed by atoms with E-state index < -0.39 is 0 Å². The molecule has 0 aromatic carbocycles. The van der Waals surface area contributed by atoms with Crippen molar-refractivity contribution >= 4 is 12.0 Å². The van der Waals surface area contributed by atoms with Crippen molar-refractivity contribution in [3.8, 4) is 0 Å². The molecule has 82 valence electrons. The Morgan fingerprint density at radius 1 is 1.60 bits per heavy atom. The van der Waals surface area contributed by atoms with Crippen LogP contribution in [0.1, 0.15) is 33.6 Å². The van der Waals surface area contributed by atoms with Gasteiger partial charge in [-0.25, -0.2) is 4.99 Å². The van der Waals surface area contributed by atoms with Crippen LogP contribution in [-0.2, 0) is 9.59 Å².